The minimum Gasteiger partial charge on any atom is -0.497 e. The van der Waals surface area contributed by atoms with Crippen molar-refractivity contribution in [1.82, 2.24) is 14.9 Å². The number of hydrogen-bond donors (Lipinski definition) is 1. The summed E-state index contributed by atoms with van der Waals surface area (Å²) >= 11 is 5.88. The highest BCUT2D eigenvalue weighted by molar-refractivity contribution is 6.30. The fraction of sp³-hybridized carbons (Fsp3) is 0.259. The molecule has 1 amide bonds. The van der Waals surface area contributed by atoms with E-state index in [1.54, 1.807) is 31.4 Å². The molecule has 0 fully saturated rings. The van der Waals surface area contributed by atoms with Crippen LogP contribution in [0.5, 0.6) is 17.2 Å². The van der Waals surface area contributed by atoms with Crippen molar-refractivity contribution >= 4 is 28.5 Å². The van der Waals surface area contributed by atoms with Crippen LogP contribution in [0.2, 0.25) is 5.02 Å². The van der Waals surface area contributed by atoms with Gasteiger partial charge >= 0.3 is 0 Å². The van der Waals surface area contributed by atoms with E-state index in [0.717, 1.165) is 47.7 Å². The van der Waals surface area contributed by atoms with Crippen LogP contribution in [0.3, 0.4) is 0 Å². The lowest BCUT2D eigenvalue weighted by Gasteiger charge is -2.11. The Hall–Kier alpha value is -3.71. The summed E-state index contributed by atoms with van der Waals surface area (Å²) < 4.78 is 18.7. The lowest BCUT2D eigenvalue weighted by Crippen LogP contribution is -2.29. The molecule has 1 N–H and O–H groups in total. The highest BCUT2D eigenvalue weighted by Gasteiger charge is 2.12. The molecule has 1 aromatic heterocycles. The Balaban J connectivity index is 1.28. The van der Waals surface area contributed by atoms with Crippen LogP contribution in [-0.4, -0.2) is 35.8 Å². The molecule has 0 spiro atoms. The predicted octanol–water partition coefficient (Wildman–Crippen LogP) is 5.25. The number of para-hydroxylation sites is 2. The Morgan fingerprint density at radius 2 is 1.60 bits per heavy atom. The van der Waals surface area contributed by atoms with Crippen molar-refractivity contribution in [3.63, 3.8) is 0 Å². The monoisotopic (exact) mass is 493 g/mol. The third kappa shape index (κ3) is 6.90. The number of benzene rings is 3. The van der Waals surface area contributed by atoms with Crippen LogP contribution in [0.15, 0.2) is 72.8 Å². The van der Waals surface area contributed by atoms with Crippen molar-refractivity contribution in [1.29, 1.82) is 0 Å². The molecule has 4 rings (SSSR count). The summed E-state index contributed by atoms with van der Waals surface area (Å²) in [6.45, 7) is 1.64. The average Bonchev–Trinajstić information content (AvgIpc) is 3.24. The first-order chi connectivity index (χ1) is 17.1. The summed E-state index contributed by atoms with van der Waals surface area (Å²) in [6, 6.07) is 22.5. The van der Waals surface area contributed by atoms with Crippen molar-refractivity contribution in [2.75, 3.05) is 20.3 Å². The summed E-state index contributed by atoms with van der Waals surface area (Å²) in [5, 5.41) is 3.52. The van der Waals surface area contributed by atoms with Crippen molar-refractivity contribution in [3.05, 3.63) is 83.6 Å². The van der Waals surface area contributed by atoms with Gasteiger partial charge in [-0.15, -0.1) is 0 Å². The number of halogens is 1. The van der Waals surface area contributed by atoms with Gasteiger partial charge in [0.1, 0.15) is 23.1 Å². The third-order valence-electron chi connectivity index (χ3n) is 5.47. The number of methoxy groups -OCH3 is 1. The average molecular weight is 494 g/mol. The van der Waals surface area contributed by atoms with Crippen LogP contribution < -0.4 is 19.5 Å². The molecule has 8 heteroatoms. The predicted molar refractivity (Wildman–Crippen MR) is 136 cm³/mol. The quantitative estimate of drug-likeness (QED) is 0.273. The molecule has 0 aliphatic heterocycles. The van der Waals surface area contributed by atoms with Crippen LogP contribution in [-0.2, 0) is 17.9 Å². The fourth-order valence-corrected chi connectivity index (χ4v) is 3.78. The standard InChI is InChI=1S/C27H28ClN3O4/c1-33-21-12-14-22(15-13-21)34-17-5-4-16-31-25-7-3-2-6-24(25)30-26(31)18-29-27(32)19-35-23-10-8-20(28)9-11-23/h2-3,6-15H,4-5,16-19H2,1H3,(H,29,32). The van der Waals surface area contributed by atoms with E-state index in [0.29, 0.717) is 23.9 Å². The number of carbonyl (C=O) groups is 1. The van der Waals surface area contributed by atoms with Gasteiger partial charge in [0.05, 0.1) is 31.3 Å². The number of imidazole rings is 1. The largest absolute Gasteiger partial charge is 0.497 e. The van der Waals surface area contributed by atoms with Gasteiger partial charge in [-0.25, -0.2) is 4.98 Å². The number of amides is 1. The number of fused-ring (bicyclic) bond motifs is 1. The number of rotatable bonds is 12. The summed E-state index contributed by atoms with van der Waals surface area (Å²) in [5.41, 5.74) is 1.95. The molecule has 0 bridgehead atoms. The van der Waals surface area contributed by atoms with Gasteiger partial charge in [-0.05, 0) is 73.5 Å². The van der Waals surface area contributed by atoms with E-state index in [1.165, 1.54) is 0 Å². The number of nitrogens with one attached hydrogen (secondary N) is 1. The minimum absolute atomic E-state index is 0.0788. The Morgan fingerprint density at radius 3 is 2.37 bits per heavy atom. The SMILES string of the molecule is COc1ccc(OCCCCn2c(CNC(=O)COc3ccc(Cl)cc3)nc3ccccc32)cc1. The maximum Gasteiger partial charge on any atom is 0.258 e. The topological polar surface area (TPSA) is 74.6 Å². The fourth-order valence-electron chi connectivity index (χ4n) is 3.65. The first-order valence-electron chi connectivity index (χ1n) is 11.5. The second-order valence-corrected chi connectivity index (χ2v) is 8.36. The Morgan fingerprint density at radius 1 is 0.914 bits per heavy atom. The lowest BCUT2D eigenvalue weighted by molar-refractivity contribution is -0.123. The zero-order chi connectivity index (χ0) is 24.5. The van der Waals surface area contributed by atoms with Crippen LogP contribution in [0, 0.1) is 0 Å². The molecular weight excluding hydrogens is 466 g/mol. The summed E-state index contributed by atoms with van der Waals surface area (Å²) in [7, 11) is 1.64. The molecule has 0 atom stereocenters. The van der Waals surface area contributed by atoms with Crippen molar-refractivity contribution in [3.8, 4) is 17.2 Å². The number of carbonyl (C=O) groups excluding carboxylic acids is 1. The normalized spacial score (nSPS) is 10.8. The first kappa shape index (κ1) is 24.4. The molecule has 3 aromatic carbocycles. The van der Waals surface area contributed by atoms with Crippen molar-refractivity contribution < 1.29 is 19.0 Å². The molecule has 0 aliphatic carbocycles. The molecule has 7 nitrogen and oxygen atoms in total. The minimum atomic E-state index is -0.216. The van der Waals surface area contributed by atoms with Gasteiger partial charge in [0.25, 0.3) is 5.91 Å². The van der Waals surface area contributed by atoms with E-state index in [1.807, 2.05) is 48.5 Å². The second-order valence-electron chi connectivity index (χ2n) is 7.92. The highest BCUT2D eigenvalue weighted by atomic mass is 35.5. The van der Waals surface area contributed by atoms with Gasteiger partial charge < -0.3 is 24.1 Å². The molecule has 0 saturated carbocycles. The summed E-state index contributed by atoms with van der Waals surface area (Å²) in [4.78, 5) is 17.1. The van der Waals surface area contributed by atoms with Gasteiger partial charge in [0.15, 0.2) is 6.61 Å². The van der Waals surface area contributed by atoms with E-state index in [2.05, 4.69) is 9.88 Å². The number of aryl methyl sites for hydroxylation is 1. The third-order valence-corrected chi connectivity index (χ3v) is 5.72. The second kappa shape index (κ2) is 12.1. The molecule has 0 aliphatic rings. The van der Waals surface area contributed by atoms with E-state index < -0.39 is 0 Å². The number of aromatic nitrogens is 2. The molecule has 1 heterocycles. The molecule has 0 unspecified atom stereocenters. The van der Waals surface area contributed by atoms with Crippen molar-refractivity contribution in [2.24, 2.45) is 0 Å². The van der Waals surface area contributed by atoms with Gasteiger partial charge in [-0.3, -0.25) is 4.79 Å². The summed E-state index contributed by atoms with van der Waals surface area (Å²) in [6.07, 6.45) is 1.80. The van der Waals surface area contributed by atoms with E-state index in [4.69, 9.17) is 30.8 Å². The maximum absolute atomic E-state index is 12.3. The Bertz CT molecular complexity index is 1240. The summed E-state index contributed by atoms with van der Waals surface area (Å²) in [5.74, 6) is 2.81. The number of hydrogen-bond acceptors (Lipinski definition) is 5. The highest BCUT2D eigenvalue weighted by Crippen LogP contribution is 2.19. The number of unbranched alkanes of at least 4 members (excludes halogenated alkanes) is 1. The van der Waals surface area contributed by atoms with Crippen LogP contribution in [0.1, 0.15) is 18.7 Å². The van der Waals surface area contributed by atoms with Crippen molar-refractivity contribution in [2.45, 2.75) is 25.9 Å². The van der Waals surface area contributed by atoms with Gasteiger partial charge in [-0.1, -0.05) is 23.7 Å². The lowest BCUT2D eigenvalue weighted by atomic mass is 10.3. The Kier molecular flexibility index (Phi) is 8.46. The van der Waals surface area contributed by atoms with Gasteiger partial charge in [-0.2, -0.15) is 0 Å². The molecule has 0 saturated heterocycles. The van der Waals surface area contributed by atoms with E-state index in [-0.39, 0.29) is 12.5 Å². The van der Waals surface area contributed by atoms with E-state index in [9.17, 15) is 4.79 Å². The molecule has 182 valence electrons. The van der Waals surface area contributed by atoms with Gasteiger partial charge in [0, 0.05) is 11.6 Å². The number of nitrogens with zero attached hydrogens (tertiary/aromatic N) is 2. The first-order valence-corrected chi connectivity index (χ1v) is 11.9. The van der Waals surface area contributed by atoms with Crippen LogP contribution in [0.4, 0.5) is 0 Å². The smallest absolute Gasteiger partial charge is 0.258 e. The van der Waals surface area contributed by atoms with Crippen LogP contribution in [0.25, 0.3) is 11.0 Å². The Labute approximate surface area is 209 Å². The number of ether oxygens (including phenoxy) is 3. The molecule has 0 radical (unpaired) electrons. The zero-order valence-electron chi connectivity index (χ0n) is 19.6. The van der Waals surface area contributed by atoms with E-state index >= 15 is 0 Å². The molecule has 4 aromatic rings. The maximum atomic E-state index is 12.3. The molecule has 35 heavy (non-hydrogen) atoms. The van der Waals surface area contributed by atoms with Crippen LogP contribution >= 0.6 is 11.6 Å². The van der Waals surface area contributed by atoms with Gasteiger partial charge in [0.2, 0.25) is 0 Å². The zero-order valence-corrected chi connectivity index (χ0v) is 20.3. The molecular formula is C27H28ClN3O4.